The number of ether oxygens (including phenoxy) is 2. The third-order valence-electron chi connectivity index (χ3n) is 10.1. The van der Waals surface area contributed by atoms with Gasteiger partial charge >= 0.3 is 7.82 Å². The second-order valence-corrected chi connectivity index (χ2v) is 17.4. The highest BCUT2D eigenvalue weighted by atomic mass is 32.1. The van der Waals surface area contributed by atoms with Gasteiger partial charge in [-0.25, -0.2) is 9.55 Å². The van der Waals surface area contributed by atoms with E-state index in [1.54, 1.807) is 31.0 Å². The number of nitrogens with zero attached hydrogens (tertiary/aromatic N) is 3. The van der Waals surface area contributed by atoms with Crippen molar-refractivity contribution in [2.45, 2.75) is 110 Å². The van der Waals surface area contributed by atoms with Gasteiger partial charge in [0.25, 0.3) is 0 Å². The lowest BCUT2D eigenvalue weighted by atomic mass is 9.89. The van der Waals surface area contributed by atoms with E-state index in [9.17, 15) is 48.2 Å². The van der Waals surface area contributed by atoms with Crippen LogP contribution >= 0.6 is 19.2 Å². The minimum Gasteiger partial charge on any atom is -0.394 e. The molecule has 20 heteroatoms. The Hall–Kier alpha value is -3.68. The number of methoxy groups -OCH3 is 1. The van der Waals surface area contributed by atoms with Gasteiger partial charge in [-0.3, -0.25) is 33.3 Å². The Bertz CT molecular complexity index is 1730. The van der Waals surface area contributed by atoms with Gasteiger partial charge in [-0.1, -0.05) is 19.9 Å². The quantitative estimate of drug-likeness (QED) is 0.0607. The van der Waals surface area contributed by atoms with Gasteiger partial charge in [0.15, 0.2) is 11.6 Å². The number of imidazole rings is 1. The first kappa shape index (κ1) is 49.7. The lowest BCUT2D eigenvalue weighted by molar-refractivity contribution is -0.140. The molecule has 5 N–H and O–H groups in total. The number of hydrogen-bond acceptors (Lipinski definition) is 13. The van der Waals surface area contributed by atoms with Crippen molar-refractivity contribution in [2.75, 3.05) is 40.1 Å². The maximum atomic E-state index is 14.2. The summed E-state index contributed by atoms with van der Waals surface area (Å²) in [6.45, 7) is 7.05. The molecule has 0 saturated carbocycles. The molecule has 59 heavy (non-hydrogen) atoms. The van der Waals surface area contributed by atoms with E-state index < -0.39 is 86.1 Å². The summed E-state index contributed by atoms with van der Waals surface area (Å²) >= 11 is 1.60. The second-order valence-electron chi connectivity index (χ2n) is 15.2. The molecule has 0 bridgehead atoms. The molecule has 0 radical (unpaired) electrons. The molecular weight excluding hydrogens is 809 g/mol. The number of likely N-dealkylation sites (tertiary alicyclic amines) is 1. The molecule has 1 saturated heterocycles. The number of phosphoric ester groups is 1. The number of thiophene rings is 1. The minimum atomic E-state index is -5.01. The Morgan fingerprint density at radius 3 is 2.39 bits per heavy atom. The van der Waals surface area contributed by atoms with Crippen molar-refractivity contribution in [3.05, 3.63) is 40.6 Å². The molecule has 1 fully saturated rings. The summed E-state index contributed by atoms with van der Waals surface area (Å²) in [5, 5.41) is 17.6. The lowest BCUT2D eigenvalue weighted by Gasteiger charge is -2.28. The zero-order valence-electron chi connectivity index (χ0n) is 34.4. The number of aliphatic hydroxyl groups excluding tert-OH is 1. The lowest BCUT2D eigenvalue weighted by Crippen LogP contribution is -2.52. The van der Waals surface area contributed by atoms with Crippen molar-refractivity contribution in [2.24, 2.45) is 17.8 Å². The molecule has 330 valence electrons. The van der Waals surface area contributed by atoms with Gasteiger partial charge < -0.3 is 44.5 Å². The third-order valence-corrected chi connectivity index (χ3v) is 11.7. The smallest absolute Gasteiger partial charge is 0.394 e. The highest BCUT2D eigenvalue weighted by Gasteiger charge is 2.38. The zero-order chi connectivity index (χ0) is 43.7. The topological polar surface area (TPSA) is 253 Å². The van der Waals surface area contributed by atoms with E-state index in [1.807, 2.05) is 35.9 Å². The average Bonchev–Trinajstić information content (AvgIpc) is 3.96. The number of amides is 3. The molecule has 18 nitrogen and oxygen atoms in total. The van der Waals surface area contributed by atoms with Crippen LogP contribution in [0, 0.1) is 17.8 Å². The van der Waals surface area contributed by atoms with E-state index in [0.29, 0.717) is 51.3 Å². The Labute approximate surface area is 349 Å². The summed E-state index contributed by atoms with van der Waals surface area (Å²) in [6, 6.07) is 0.610. The van der Waals surface area contributed by atoms with E-state index in [-0.39, 0.29) is 44.1 Å². The molecule has 3 rings (SSSR count). The molecule has 0 spiro atoms. The molecular formula is C39H60N5O13PS. The van der Waals surface area contributed by atoms with Crippen LogP contribution in [-0.2, 0) is 66.7 Å². The van der Waals surface area contributed by atoms with Crippen LogP contribution in [0.5, 0.6) is 0 Å². The zero-order valence-corrected chi connectivity index (χ0v) is 36.2. The van der Waals surface area contributed by atoms with Gasteiger partial charge in [-0.05, 0) is 56.9 Å². The summed E-state index contributed by atoms with van der Waals surface area (Å²) in [4.78, 5) is 106. The molecule has 0 aromatic carbocycles. The second kappa shape index (κ2) is 24.5. The monoisotopic (exact) mass is 869 g/mol. The maximum absolute atomic E-state index is 14.2. The highest BCUT2D eigenvalue weighted by Crippen LogP contribution is 2.39. The van der Waals surface area contributed by atoms with Crippen LogP contribution in [0.25, 0.3) is 0 Å². The molecule has 2 aromatic rings. The molecule has 3 amide bonds. The number of aromatic nitrogens is 2. The van der Waals surface area contributed by atoms with Gasteiger partial charge in [0.2, 0.25) is 17.7 Å². The first-order chi connectivity index (χ1) is 27.9. The molecule has 0 aliphatic carbocycles. The molecule has 2 aromatic heterocycles. The highest BCUT2D eigenvalue weighted by molar-refractivity contribution is 7.46. The number of phosphoric acid groups is 1. The summed E-state index contributed by atoms with van der Waals surface area (Å²) in [5.74, 6) is -5.79. The fraction of sp³-hybridized carbons (Fsp3) is 0.667. The number of carbonyl (C=O) groups excluding carboxylic acids is 6. The Balaban J connectivity index is 1.83. The molecule has 3 heterocycles. The van der Waals surface area contributed by atoms with Crippen LogP contribution in [0.2, 0.25) is 0 Å². The predicted molar refractivity (Wildman–Crippen MR) is 216 cm³/mol. The van der Waals surface area contributed by atoms with E-state index in [4.69, 9.17) is 9.47 Å². The number of rotatable bonds is 28. The molecule has 1 aliphatic heterocycles. The number of aryl methyl sites for hydroxylation is 2. The van der Waals surface area contributed by atoms with Crippen molar-refractivity contribution in [3.63, 3.8) is 0 Å². The largest absolute Gasteiger partial charge is 0.469 e. The van der Waals surface area contributed by atoms with E-state index in [0.717, 1.165) is 11.8 Å². The summed E-state index contributed by atoms with van der Waals surface area (Å²) < 4.78 is 28.3. The first-order valence-corrected chi connectivity index (χ1v) is 22.2. The Morgan fingerprint density at radius 2 is 1.76 bits per heavy atom. The third kappa shape index (κ3) is 16.7. The van der Waals surface area contributed by atoms with Crippen molar-refractivity contribution < 1.29 is 62.2 Å². The van der Waals surface area contributed by atoms with Gasteiger partial charge in [-0.2, -0.15) is 0 Å². The molecule has 0 unspecified atom stereocenters. The summed E-state index contributed by atoms with van der Waals surface area (Å²) in [6.07, 6.45) is 2.87. The van der Waals surface area contributed by atoms with Gasteiger partial charge in [-0.15, -0.1) is 11.3 Å². The summed E-state index contributed by atoms with van der Waals surface area (Å²) in [7, 11) is -3.47. The molecule has 1 aliphatic rings. The SMILES string of the molecule is COCCOCCC(=O)N1CCC[C@H]1C(=O)N[C@@H](CC(C)C)C(=O)C[C@@H](Cc1cncn1CCc1cccs1)C(=O)N[C@@H](CO)C(=O)C[C@H](C(C)=O)[C@@H](C)OP(=O)(O)O. The number of nitrogens with one attached hydrogen (secondary N) is 2. The van der Waals surface area contributed by atoms with Gasteiger partial charge in [0, 0.05) is 56.2 Å². The number of Topliss-reactive ketones (excluding diaryl/α,β-unsaturated/α-hetero) is 3. The van der Waals surface area contributed by atoms with Gasteiger partial charge in [0.05, 0.1) is 63.2 Å². The van der Waals surface area contributed by atoms with Crippen LogP contribution in [0.15, 0.2) is 30.0 Å². The van der Waals surface area contributed by atoms with Crippen molar-refractivity contribution in [1.82, 2.24) is 25.1 Å². The number of carbonyl (C=O) groups is 6. The Kier molecular flexibility index (Phi) is 20.7. The van der Waals surface area contributed by atoms with Crippen LogP contribution in [0.3, 0.4) is 0 Å². The Morgan fingerprint density at radius 1 is 1.03 bits per heavy atom. The van der Waals surface area contributed by atoms with E-state index in [2.05, 4.69) is 20.1 Å². The van der Waals surface area contributed by atoms with Crippen molar-refractivity contribution in [1.29, 1.82) is 0 Å². The first-order valence-electron chi connectivity index (χ1n) is 19.8. The number of ketones is 3. The van der Waals surface area contributed by atoms with E-state index >= 15 is 0 Å². The van der Waals surface area contributed by atoms with Crippen LogP contribution < -0.4 is 10.6 Å². The van der Waals surface area contributed by atoms with E-state index in [1.165, 1.54) is 11.8 Å². The normalized spacial score (nSPS) is 17.0. The predicted octanol–water partition coefficient (Wildman–Crippen LogP) is 2.02. The standard InChI is InChI=1S/C39H60N5O13PS/c1-25(2)18-32(41-39(51)34-9-6-12-44(34)37(49)11-14-56-16-15-55-5)35(47)20-28(19-29-22-40-24-43(29)13-10-30-8-7-17-59-30)38(50)42-33(23-45)36(48)21-31(26(3)46)27(4)57-58(52,53)54/h7-8,17,22,24-25,27-28,31-34,45H,6,9-16,18-21,23H2,1-5H3,(H,41,51)(H,42,50)(H2,52,53,54)/t27-,28-,31-,32+,33+,34+/m1/s1. The fourth-order valence-corrected chi connectivity index (χ4v) is 8.28. The van der Waals surface area contributed by atoms with Crippen LogP contribution in [0.4, 0.5) is 0 Å². The maximum Gasteiger partial charge on any atom is 0.469 e. The van der Waals surface area contributed by atoms with Crippen molar-refractivity contribution >= 4 is 54.2 Å². The molecule has 6 atom stereocenters. The van der Waals surface area contributed by atoms with Crippen LogP contribution in [0.1, 0.15) is 76.8 Å². The number of aliphatic hydroxyl groups is 1. The average molecular weight is 870 g/mol. The number of hydrogen-bond donors (Lipinski definition) is 5. The van der Waals surface area contributed by atoms with Crippen LogP contribution in [-0.4, -0.2) is 129 Å². The van der Waals surface area contributed by atoms with Crippen molar-refractivity contribution in [3.8, 4) is 0 Å². The summed E-state index contributed by atoms with van der Waals surface area (Å²) in [5.41, 5.74) is 0.622. The minimum absolute atomic E-state index is 0.00269. The van der Waals surface area contributed by atoms with Gasteiger partial charge in [0.1, 0.15) is 17.9 Å². The fourth-order valence-electron chi connectivity index (χ4n) is 7.00.